The first-order chi connectivity index (χ1) is 13.3. The highest BCUT2D eigenvalue weighted by Gasteiger charge is 2.40. The Bertz CT molecular complexity index is 838. The molecule has 1 N–H and O–H groups in total. The summed E-state index contributed by atoms with van der Waals surface area (Å²) in [5.41, 5.74) is -0.633. The van der Waals surface area contributed by atoms with Gasteiger partial charge in [-0.1, -0.05) is 13.8 Å². The molecule has 0 radical (unpaired) electrons. The van der Waals surface area contributed by atoms with Gasteiger partial charge >= 0.3 is 12.4 Å². The minimum absolute atomic E-state index is 0.0930. The van der Waals surface area contributed by atoms with E-state index in [1.165, 1.54) is 25.3 Å². The number of hydrogen-bond acceptors (Lipinski definition) is 3. The van der Waals surface area contributed by atoms with Crippen LogP contribution in [0.25, 0.3) is 5.57 Å². The summed E-state index contributed by atoms with van der Waals surface area (Å²) >= 11 is 0. The number of alkyl halides is 6. The molecular formula is C19H19F7N2O. The Morgan fingerprint density at radius 2 is 1.83 bits per heavy atom. The Balaban J connectivity index is 2.40. The highest BCUT2D eigenvalue weighted by molar-refractivity contribution is 5.77. The van der Waals surface area contributed by atoms with Gasteiger partial charge in [0.05, 0.1) is 5.57 Å². The van der Waals surface area contributed by atoms with Gasteiger partial charge in [0.2, 0.25) is 0 Å². The van der Waals surface area contributed by atoms with Crippen molar-refractivity contribution >= 4 is 5.57 Å². The summed E-state index contributed by atoms with van der Waals surface area (Å²) in [6, 6.07) is 0.862. The molecular weight excluding hydrogens is 405 g/mol. The van der Waals surface area contributed by atoms with Crippen molar-refractivity contribution in [3.8, 4) is 5.88 Å². The topological polar surface area (TPSA) is 34.1 Å². The SMILES string of the molecule is CCC(C)/C(=C1/C=C(c2cnc(OC(C)C(F)(F)F)c(F)c2)C=CN1)C(F)(F)F. The average Bonchev–Trinajstić information content (AvgIpc) is 2.61. The Morgan fingerprint density at radius 1 is 1.17 bits per heavy atom. The number of ether oxygens (including phenoxy) is 1. The van der Waals surface area contributed by atoms with E-state index in [1.807, 2.05) is 0 Å². The van der Waals surface area contributed by atoms with Gasteiger partial charge in [0, 0.05) is 23.7 Å². The lowest BCUT2D eigenvalue weighted by Gasteiger charge is -2.23. The highest BCUT2D eigenvalue weighted by atomic mass is 19.4. The fraction of sp³-hybridized carbons (Fsp3) is 0.421. The second-order valence-electron chi connectivity index (χ2n) is 6.52. The number of aromatic nitrogens is 1. The standard InChI is InChI=1S/C19H19F7N2O/c1-4-10(2)16(19(24,25)26)15-8-12(5-6-27-15)13-7-14(20)17(28-9-13)29-11(3)18(21,22)23/h5-11,27H,4H2,1-3H3/b16-15+. The van der Waals surface area contributed by atoms with Crippen LogP contribution < -0.4 is 10.1 Å². The van der Waals surface area contributed by atoms with E-state index < -0.39 is 41.6 Å². The maximum Gasteiger partial charge on any atom is 0.425 e. The summed E-state index contributed by atoms with van der Waals surface area (Å²) in [6.45, 7) is 3.77. The summed E-state index contributed by atoms with van der Waals surface area (Å²) in [5.74, 6) is -2.78. The zero-order valence-corrected chi connectivity index (χ0v) is 15.7. The first-order valence-electron chi connectivity index (χ1n) is 8.70. The predicted molar refractivity (Wildman–Crippen MR) is 93.1 cm³/mol. The van der Waals surface area contributed by atoms with E-state index in [4.69, 9.17) is 0 Å². The van der Waals surface area contributed by atoms with Gasteiger partial charge in [0.25, 0.3) is 5.88 Å². The van der Waals surface area contributed by atoms with E-state index in [1.54, 1.807) is 6.92 Å². The van der Waals surface area contributed by atoms with Crippen molar-refractivity contribution in [1.29, 1.82) is 0 Å². The van der Waals surface area contributed by atoms with Crippen LogP contribution in [-0.2, 0) is 0 Å². The van der Waals surface area contributed by atoms with Crippen molar-refractivity contribution in [2.24, 2.45) is 5.92 Å². The molecule has 0 amide bonds. The van der Waals surface area contributed by atoms with Crippen LogP contribution in [0.5, 0.6) is 5.88 Å². The molecule has 0 spiro atoms. The number of rotatable bonds is 5. The number of nitrogens with one attached hydrogen (secondary N) is 1. The van der Waals surface area contributed by atoms with Gasteiger partial charge in [-0.05, 0) is 43.1 Å². The number of dihydropyridines is 1. The van der Waals surface area contributed by atoms with Crippen LogP contribution in [0.3, 0.4) is 0 Å². The lowest BCUT2D eigenvalue weighted by atomic mass is 9.93. The average molecular weight is 424 g/mol. The summed E-state index contributed by atoms with van der Waals surface area (Å²) in [6.07, 6.45) is -6.37. The quantitative estimate of drug-likeness (QED) is 0.597. The predicted octanol–water partition coefficient (Wildman–Crippen LogP) is 5.91. The van der Waals surface area contributed by atoms with Crippen LogP contribution in [0.2, 0.25) is 0 Å². The molecule has 3 nitrogen and oxygen atoms in total. The van der Waals surface area contributed by atoms with Gasteiger partial charge < -0.3 is 10.1 Å². The highest BCUT2D eigenvalue weighted by Crippen LogP contribution is 2.37. The van der Waals surface area contributed by atoms with E-state index in [-0.39, 0.29) is 23.3 Å². The van der Waals surface area contributed by atoms with Crippen LogP contribution in [0.15, 0.2) is 41.9 Å². The maximum absolute atomic E-state index is 14.2. The molecule has 1 aromatic heterocycles. The summed E-state index contributed by atoms with van der Waals surface area (Å²) in [7, 11) is 0. The second-order valence-corrected chi connectivity index (χ2v) is 6.52. The lowest BCUT2D eigenvalue weighted by molar-refractivity contribution is -0.190. The number of pyridine rings is 1. The Morgan fingerprint density at radius 3 is 2.34 bits per heavy atom. The number of nitrogens with zero attached hydrogens (tertiary/aromatic N) is 1. The maximum atomic E-state index is 14.2. The van der Waals surface area contributed by atoms with Crippen LogP contribution >= 0.6 is 0 Å². The Labute approximate surface area is 163 Å². The van der Waals surface area contributed by atoms with Crippen molar-refractivity contribution in [3.05, 3.63) is 53.3 Å². The van der Waals surface area contributed by atoms with Crippen molar-refractivity contribution in [2.45, 2.75) is 45.6 Å². The summed E-state index contributed by atoms with van der Waals surface area (Å²) in [5, 5.41) is 2.55. The molecule has 2 heterocycles. The van der Waals surface area contributed by atoms with Crippen LogP contribution in [0.4, 0.5) is 30.7 Å². The molecule has 160 valence electrons. The molecule has 10 heteroatoms. The molecule has 1 aliphatic rings. The third-order valence-corrected chi connectivity index (χ3v) is 4.39. The minimum atomic E-state index is -4.70. The largest absolute Gasteiger partial charge is 0.463 e. The van der Waals surface area contributed by atoms with Crippen LogP contribution in [-0.4, -0.2) is 23.4 Å². The number of halogens is 7. The minimum Gasteiger partial charge on any atom is -0.463 e. The fourth-order valence-electron chi connectivity index (χ4n) is 2.61. The zero-order valence-electron chi connectivity index (χ0n) is 15.7. The third kappa shape index (κ3) is 5.51. The molecule has 0 bridgehead atoms. The zero-order chi connectivity index (χ0) is 22.0. The monoisotopic (exact) mass is 424 g/mol. The molecule has 1 aromatic rings. The molecule has 0 aliphatic carbocycles. The van der Waals surface area contributed by atoms with E-state index in [0.29, 0.717) is 6.92 Å². The summed E-state index contributed by atoms with van der Waals surface area (Å²) < 4.78 is 96.7. The van der Waals surface area contributed by atoms with E-state index >= 15 is 0 Å². The molecule has 0 saturated heterocycles. The van der Waals surface area contributed by atoms with Gasteiger partial charge in [-0.3, -0.25) is 0 Å². The number of hydrogen-bond donors (Lipinski definition) is 1. The molecule has 0 aromatic carbocycles. The molecule has 0 fully saturated rings. The van der Waals surface area contributed by atoms with Crippen molar-refractivity contribution in [1.82, 2.24) is 10.3 Å². The second kappa shape index (κ2) is 8.46. The first-order valence-corrected chi connectivity index (χ1v) is 8.70. The van der Waals surface area contributed by atoms with Gasteiger partial charge in [0.15, 0.2) is 11.9 Å². The number of allylic oxidation sites excluding steroid dienone is 4. The molecule has 0 saturated carbocycles. The lowest BCUT2D eigenvalue weighted by Crippen LogP contribution is -2.31. The van der Waals surface area contributed by atoms with Gasteiger partial charge in [-0.2, -0.15) is 26.3 Å². The van der Waals surface area contributed by atoms with Crippen LogP contribution in [0.1, 0.15) is 32.8 Å². The molecule has 2 rings (SSSR count). The van der Waals surface area contributed by atoms with Crippen LogP contribution in [0, 0.1) is 11.7 Å². The molecule has 2 atom stereocenters. The Hall–Kier alpha value is -2.52. The normalized spacial score (nSPS) is 18.6. The van der Waals surface area contributed by atoms with Gasteiger partial charge in [-0.25, -0.2) is 9.37 Å². The van der Waals surface area contributed by atoms with E-state index in [9.17, 15) is 30.7 Å². The smallest absolute Gasteiger partial charge is 0.425 e. The van der Waals surface area contributed by atoms with E-state index in [0.717, 1.165) is 12.3 Å². The molecule has 2 unspecified atom stereocenters. The fourth-order valence-corrected chi connectivity index (χ4v) is 2.61. The van der Waals surface area contributed by atoms with Crippen molar-refractivity contribution < 1.29 is 35.5 Å². The van der Waals surface area contributed by atoms with Crippen molar-refractivity contribution in [3.63, 3.8) is 0 Å². The van der Waals surface area contributed by atoms with E-state index in [2.05, 4.69) is 15.0 Å². The van der Waals surface area contributed by atoms with Gasteiger partial charge in [0.1, 0.15) is 0 Å². The van der Waals surface area contributed by atoms with Crippen molar-refractivity contribution in [2.75, 3.05) is 0 Å². The van der Waals surface area contributed by atoms with Gasteiger partial charge in [-0.15, -0.1) is 0 Å². The third-order valence-electron chi connectivity index (χ3n) is 4.39. The molecule has 1 aliphatic heterocycles. The summed E-state index contributed by atoms with van der Waals surface area (Å²) in [4.78, 5) is 3.55. The first kappa shape index (κ1) is 22.8. The Kier molecular flexibility index (Phi) is 6.64. The molecule has 29 heavy (non-hydrogen) atoms.